The second-order valence-corrected chi connectivity index (χ2v) is 2.90. The average molecular weight is 143 g/mol. The van der Waals surface area contributed by atoms with E-state index < -0.39 is 5.60 Å². The van der Waals surface area contributed by atoms with Gasteiger partial charge in [0.05, 0.1) is 12.1 Å². The third kappa shape index (κ3) is 2.71. The van der Waals surface area contributed by atoms with Gasteiger partial charge < -0.3 is 5.11 Å². The van der Waals surface area contributed by atoms with Gasteiger partial charge >= 0.3 is 0 Å². The van der Waals surface area contributed by atoms with E-state index in [4.69, 9.17) is 5.53 Å². The van der Waals surface area contributed by atoms with E-state index in [1.807, 2.05) is 13.8 Å². The molecule has 1 unspecified atom stereocenters. The topological polar surface area (TPSA) is 69.0 Å². The highest BCUT2D eigenvalue weighted by Gasteiger charge is 2.23. The third-order valence-corrected chi connectivity index (χ3v) is 1.70. The third-order valence-electron chi connectivity index (χ3n) is 1.70. The van der Waals surface area contributed by atoms with Crippen molar-refractivity contribution in [3.8, 4) is 0 Å². The van der Waals surface area contributed by atoms with Crippen molar-refractivity contribution in [3.05, 3.63) is 10.4 Å². The fourth-order valence-electron chi connectivity index (χ4n) is 0.357. The minimum Gasteiger partial charge on any atom is -0.390 e. The Balaban J connectivity index is 3.98. The molecule has 0 heterocycles. The summed E-state index contributed by atoms with van der Waals surface area (Å²) in [6, 6.07) is 0. The molecule has 0 aliphatic rings. The summed E-state index contributed by atoms with van der Waals surface area (Å²) < 4.78 is 0. The molecule has 58 valence electrons. The Morgan fingerprint density at radius 2 is 2.20 bits per heavy atom. The Kier molecular flexibility index (Phi) is 3.19. The summed E-state index contributed by atoms with van der Waals surface area (Å²) in [5.41, 5.74) is 7.09. The first-order valence-corrected chi connectivity index (χ1v) is 3.24. The molecule has 0 aliphatic heterocycles. The van der Waals surface area contributed by atoms with Crippen molar-refractivity contribution in [3.63, 3.8) is 0 Å². The lowest BCUT2D eigenvalue weighted by molar-refractivity contribution is 0.0226. The van der Waals surface area contributed by atoms with Gasteiger partial charge in [-0.1, -0.05) is 19.0 Å². The highest BCUT2D eigenvalue weighted by molar-refractivity contribution is 4.78. The first kappa shape index (κ1) is 9.27. The fourth-order valence-corrected chi connectivity index (χ4v) is 0.357. The van der Waals surface area contributed by atoms with Crippen LogP contribution in [0.3, 0.4) is 0 Å². The highest BCUT2D eigenvalue weighted by Crippen LogP contribution is 2.15. The van der Waals surface area contributed by atoms with Crippen molar-refractivity contribution >= 4 is 0 Å². The number of hydrogen-bond acceptors (Lipinski definition) is 2. The maximum atomic E-state index is 9.46. The van der Waals surface area contributed by atoms with Crippen LogP contribution in [0.1, 0.15) is 20.8 Å². The van der Waals surface area contributed by atoms with E-state index in [9.17, 15) is 5.11 Å². The summed E-state index contributed by atoms with van der Waals surface area (Å²) in [6.45, 7) is 5.56. The van der Waals surface area contributed by atoms with Gasteiger partial charge in [-0.2, -0.15) is 0 Å². The van der Waals surface area contributed by atoms with Crippen LogP contribution in [0.2, 0.25) is 0 Å². The largest absolute Gasteiger partial charge is 0.390 e. The lowest BCUT2D eigenvalue weighted by Crippen LogP contribution is -2.34. The Bertz CT molecular complexity index is 147. The van der Waals surface area contributed by atoms with Crippen LogP contribution >= 0.6 is 0 Å². The van der Waals surface area contributed by atoms with Crippen molar-refractivity contribution in [2.75, 3.05) is 6.54 Å². The fraction of sp³-hybridized carbons (Fsp3) is 1.00. The van der Waals surface area contributed by atoms with Gasteiger partial charge in [0, 0.05) is 4.91 Å². The molecular formula is C6H13N3O. The standard InChI is InChI=1S/C6H13N3O/c1-5(2)6(3,10)4-8-9-7/h5,10H,4H2,1-3H3. The van der Waals surface area contributed by atoms with Gasteiger partial charge in [-0.05, 0) is 18.4 Å². The molecule has 0 fully saturated rings. The van der Waals surface area contributed by atoms with Crippen molar-refractivity contribution < 1.29 is 5.11 Å². The van der Waals surface area contributed by atoms with Crippen LogP contribution in [0.4, 0.5) is 0 Å². The summed E-state index contributed by atoms with van der Waals surface area (Å²) in [5.74, 6) is 0.109. The number of hydrogen-bond donors (Lipinski definition) is 1. The molecule has 0 aliphatic carbocycles. The van der Waals surface area contributed by atoms with Crippen molar-refractivity contribution in [1.82, 2.24) is 0 Å². The zero-order chi connectivity index (χ0) is 8.20. The first-order valence-electron chi connectivity index (χ1n) is 3.24. The van der Waals surface area contributed by atoms with E-state index in [1.165, 1.54) is 0 Å². The van der Waals surface area contributed by atoms with Gasteiger partial charge in [0.25, 0.3) is 0 Å². The Hall–Kier alpha value is -0.730. The number of rotatable bonds is 3. The minimum absolute atomic E-state index is 0.109. The lowest BCUT2D eigenvalue weighted by atomic mass is 9.93. The van der Waals surface area contributed by atoms with E-state index in [2.05, 4.69) is 10.0 Å². The van der Waals surface area contributed by atoms with Crippen LogP contribution in [0.5, 0.6) is 0 Å². The Labute approximate surface area is 60.5 Å². The monoisotopic (exact) mass is 143 g/mol. The van der Waals surface area contributed by atoms with E-state index in [1.54, 1.807) is 6.92 Å². The molecule has 0 amide bonds. The van der Waals surface area contributed by atoms with E-state index >= 15 is 0 Å². The van der Waals surface area contributed by atoms with E-state index in [0.29, 0.717) is 0 Å². The molecule has 0 aromatic heterocycles. The molecule has 1 N–H and O–H groups in total. The van der Waals surface area contributed by atoms with Crippen molar-refractivity contribution in [1.29, 1.82) is 0 Å². The predicted octanol–water partition coefficient (Wildman–Crippen LogP) is 1.70. The molecule has 0 saturated carbocycles. The summed E-state index contributed by atoms with van der Waals surface area (Å²) in [5, 5.41) is 12.8. The average Bonchev–Trinajstić information content (AvgIpc) is 1.84. The van der Waals surface area contributed by atoms with Crippen LogP contribution in [0.25, 0.3) is 10.4 Å². The first-order chi connectivity index (χ1) is 4.50. The van der Waals surface area contributed by atoms with E-state index in [0.717, 1.165) is 0 Å². The van der Waals surface area contributed by atoms with Crippen LogP contribution < -0.4 is 0 Å². The molecule has 0 aromatic rings. The number of nitrogens with zero attached hydrogens (tertiary/aromatic N) is 3. The molecular weight excluding hydrogens is 130 g/mol. The minimum atomic E-state index is -0.869. The Morgan fingerprint density at radius 3 is 2.50 bits per heavy atom. The normalized spacial score (nSPS) is 16.1. The molecule has 1 atom stereocenters. The number of azide groups is 1. The van der Waals surface area contributed by atoms with Gasteiger partial charge in [0.2, 0.25) is 0 Å². The molecule has 4 heteroatoms. The van der Waals surface area contributed by atoms with Gasteiger partial charge in [-0.15, -0.1) is 0 Å². The predicted molar refractivity (Wildman–Crippen MR) is 39.5 cm³/mol. The summed E-state index contributed by atoms with van der Waals surface area (Å²) in [7, 11) is 0. The Morgan fingerprint density at radius 1 is 1.70 bits per heavy atom. The van der Waals surface area contributed by atoms with Crippen LogP contribution in [0.15, 0.2) is 5.11 Å². The second kappa shape index (κ2) is 3.44. The van der Waals surface area contributed by atoms with Gasteiger partial charge in [0.15, 0.2) is 0 Å². The maximum absolute atomic E-state index is 9.46. The van der Waals surface area contributed by atoms with Crippen LogP contribution in [-0.2, 0) is 0 Å². The number of aliphatic hydroxyl groups is 1. The van der Waals surface area contributed by atoms with Crippen LogP contribution in [-0.4, -0.2) is 17.3 Å². The quantitative estimate of drug-likeness (QED) is 0.364. The molecule has 0 bridgehead atoms. The van der Waals surface area contributed by atoms with Crippen molar-refractivity contribution in [2.45, 2.75) is 26.4 Å². The second-order valence-electron chi connectivity index (χ2n) is 2.90. The summed E-state index contributed by atoms with van der Waals surface area (Å²) >= 11 is 0. The molecule has 0 saturated heterocycles. The summed E-state index contributed by atoms with van der Waals surface area (Å²) in [4.78, 5) is 2.57. The van der Waals surface area contributed by atoms with Gasteiger partial charge in [-0.3, -0.25) is 0 Å². The van der Waals surface area contributed by atoms with Gasteiger partial charge in [-0.25, -0.2) is 0 Å². The molecule has 0 radical (unpaired) electrons. The van der Waals surface area contributed by atoms with E-state index in [-0.39, 0.29) is 12.5 Å². The maximum Gasteiger partial charge on any atom is 0.0698 e. The summed E-state index contributed by atoms with van der Waals surface area (Å²) in [6.07, 6.45) is 0. The molecule has 0 spiro atoms. The van der Waals surface area contributed by atoms with Crippen LogP contribution in [0, 0.1) is 5.92 Å². The zero-order valence-electron chi connectivity index (χ0n) is 6.57. The lowest BCUT2D eigenvalue weighted by Gasteiger charge is -2.24. The molecule has 0 rings (SSSR count). The molecule has 4 nitrogen and oxygen atoms in total. The highest BCUT2D eigenvalue weighted by atomic mass is 16.3. The SMILES string of the molecule is CC(C)C(C)(O)CN=[N+]=[N-]. The zero-order valence-corrected chi connectivity index (χ0v) is 6.57. The smallest absolute Gasteiger partial charge is 0.0698 e. The van der Waals surface area contributed by atoms with Gasteiger partial charge in [0.1, 0.15) is 0 Å². The van der Waals surface area contributed by atoms with Crippen molar-refractivity contribution in [2.24, 2.45) is 11.0 Å². The molecule has 10 heavy (non-hydrogen) atoms. The molecule has 0 aromatic carbocycles.